The Bertz CT molecular complexity index is 551. The van der Waals surface area contributed by atoms with Crippen molar-refractivity contribution in [2.75, 3.05) is 6.61 Å². The predicted octanol–water partition coefficient (Wildman–Crippen LogP) is 3.68. The molecule has 3 heteroatoms. The maximum Gasteiger partial charge on any atom is 0.127 e. The zero-order chi connectivity index (χ0) is 14.2. The fraction of sp³-hybridized carbons (Fsp3) is 0.176. The molecule has 0 saturated carbocycles. The average Bonchev–Trinajstić information content (AvgIpc) is 2.48. The van der Waals surface area contributed by atoms with Crippen molar-refractivity contribution < 1.29 is 9.13 Å². The van der Waals surface area contributed by atoms with Gasteiger partial charge in [0.25, 0.3) is 0 Å². The fourth-order valence-electron chi connectivity index (χ4n) is 1.84. The quantitative estimate of drug-likeness (QED) is 0.776. The van der Waals surface area contributed by atoms with Crippen molar-refractivity contribution in [3.63, 3.8) is 0 Å². The van der Waals surface area contributed by atoms with Gasteiger partial charge in [0.1, 0.15) is 18.2 Å². The molecule has 2 nitrogen and oxygen atoms in total. The van der Waals surface area contributed by atoms with E-state index in [-0.39, 0.29) is 5.82 Å². The Balaban J connectivity index is 1.82. The van der Waals surface area contributed by atoms with Gasteiger partial charge in [0.15, 0.2) is 0 Å². The van der Waals surface area contributed by atoms with Gasteiger partial charge in [0, 0.05) is 18.7 Å². The van der Waals surface area contributed by atoms with E-state index in [0.29, 0.717) is 25.3 Å². The molecule has 0 aliphatic heterocycles. The predicted molar refractivity (Wildman–Crippen MR) is 79.1 cm³/mol. The third-order valence-corrected chi connectivity index (χ3v) is 2.89. The highest BCUT2D eigenvalue weighted by Crippen LogP contribution is 2.12. The molecule has 0 saturated heterocycles. The number of ether oxygens (including phenoxy) is 1. The second-order valence-corrected chi connectivity index (χ2v) is 4.44. The van der Waals surface area contributed by atoms with Crippen LogP contribution in [0, 0.1) is 5.82 Å². The van der Waals surface area contributed by atoms with Gasteiger partial charge in [-0.1, -0.05) is 43.0 Å². The third-order valence-electron chi connectivity index (χ3n) is 2.89. The summed E-state index contributed by atoms with van der Waals surface area (Å²) in [4.78, 5) is 0. The Labute approximate surface area is 118 Å². The lowest BCUT2D eigenvalue weighted by Crippen LogP contribution is -2.13. The van der Waals surface area contributed by atoms with Crippen LogP contribution in [0.25, 0.3) is 0 Å². The van der Waals surface area contributed by atoms with E-state index in [1.54, 1.807) is 18.2 Å². The van der Waals surface area contributed by atoms with E-state index in [2.05, 4.69) is 11.9 Å². The van der Waals surface area contributed by atoms with Crippen LogP contribution in [0.2, 0.25) is 0 Å². The van der Waals surface area contributed by atoms with Gasteiger partial charge in [0.2, 0.25) is 0 Å². The van der Waals surface area contributed by atoms with Gasteiger partial charge in [-0.05, 0) is 23.8 Å². The number of hydrogen-bond acceptors (Lipinski definition) is 2. The highest BCUT2D eigenvalue weighted by Gasteiger charge is 2.00. The van der Waals surface area contributed by atoms with Gasteiger partial charge in [0.05, 0.1) is 0 Å². The molecule has 0 aliphatic carbocycles. The Morgan fingerprint density at radius 2 is 1.80 bits per heavy atom. The van der Waals surface area contributed by atoms with Gasteiger partial charge < -0.3 is 10.1 Å². The first-order valence-corrected chi connectivity index (χ1v) is 6.56. The van der Waals surface area contributed by atoms with Gasteiger partial charge in [-0.25, -0.2) is 4.39 Å². The van der Waals surface area contributed by atoms with Crippen LogP contribution in [0.5, 0.6) is 5.75 Å². The van der Waals surface area contributed by atoms with Crippen LogP contribution in [0.15, 0.2) is 61.2 Å². The number of halogens is 1. The topological polar surface area (TPSA) is 21.3 Å². The second kappa shape index (κ2) is 7.46. The Hall–Kier alpha value is -2.13. The molecule has 0 radical (unpaired) electrons. The van der Waals surface area contributed by atoms with Crippen LogP contribution in [-0.4, -0.2) is 6.61 Å². The van der Waals surface area contributed by atoms with Crippen molar-refractivity contribution in [3.8, 4) is 5.75 Å². The highest BCUT2D eigenvalue weighted by atomic mass is 19.1. The van der Waals surface area contributed by atoms with E-state index in [1.165, 1.54) is 6.07 Å². The van der Waals surface area contributed by atoms with Gasteiger partial charge in [-0.2, -0.15) is 0 Å². The largest absolute Gasteiger partial charge is 0.490 e. The van der Waals surface area contributed by atoms with Crippen molar-refractivity contribution in [3.05, 3.63) is 78.1 Å². The Kier molecular flexibility index (Phi) is 5.33. The van der Waals surface area contributed by atoms with Crippen molar-refractivity contribution >= 4 is 0 Å². The van der Waals surface area contributed by atoms with Crippen molar-refractivity contribution in [2.24, 2.45) is 0 Å². The van der Waals surface area contributed by atoms with Crippen molar-refractivity contribution in [2.45, 2.75) is 13.1 Å². The Morgan fingerprint density at radius 1 is 1.05 bits per heavy atom. The van der Waals surface area contributed by atoms with E-state index in [1.807, 2.05) is 30.3 Å². The molecule has 20 heavy (non-hydrogen) atoms. The average molecular weight is 271 g/mol. The molecule has 0 atom stereocenters. The van der Waals surface area contributed by atoms with Crippen LogP contribution in [-0.2, 0) is 13.1 Å². The minimum absolute atomic E-state index is 0.173. The van der Waals surface area contributed by atoms with E-state index in [4.69, 9.17) is 4.74 Å². The van der Waals surface area contributed by atoms with Gasteiger partial charge in [-0.15, -0.1) is 0 Å². The maximum atomic E-state index is 13.4. The van der Waals surface area contributed by atoms with Crippen LogP contribution in [0.3, 0.4) is 0 Å². The lowest BCUT2D eigenvalue weighted by Gasteiger charge is -2.07. The summed E-state index contributed by atoms with van der Waals surface area (Å²) in [5.74, 6) is 0.649. The monoisotopic (exact) mass is 271 g/mol. The van der Waals surface area contributed by atoms with Crippen LogP contribution < -0.4 is 10.1 Å². The molecule has 2 rings (SSSR count). The summed E-state index contributed by atoms with van der Waals surface area (Å²) in [6.45, 7) is 5.31. The second-order valence-electron chi connectivity index (χ2n) is 4.44. The summed E-state index contributed by atoms with van der Waals surface area (Å²) in [5.41, 5.74) is 1.81. The van der Waals surface area contributed by atoms with Crippen molar-refractivity contribution in [1.82, 2.24) is 5.32 Å². The number of rotatable bonds is 7. The minimum atomic E-state index is -0.173. The fourth-order valence-corrected chi connectivity index (χ4v) is 1.84. The first-order valence-electron chi connectivity index (χ1n) is 6.56. The molecule has 0 aromatic heterocycles. The molecule has 2 aromatic carbocycles. The Morgan fingerprint density at radius 3 is 2.50 bits per heavy atom. The first kappa shape index (κ1) is 14.3. The summed E-state index contributed by atoms with van der Waals surface area (Å²) < 4.78 is 18.8. The molecule has 2 aromatic rings. The standard InChI is InChI=1S/C17H18FNO/c1-2-11-20-16-9-7-14(8-10-16)12-19-13-15-5-3-4-6-17(15)18/h2-10,19H,1,11-13H2. The third kappa shape index (κ3) is 4.21. The normalized spacial score (nSPS) is 10.2. The van der Waals surface area contributed by atoms with Crippen LogP contribution >= 0.6 is 0 Å². The molecular weight excluding hydrogens is 253 g/mol. The number of hydrogen-bond donors (Lipinski definition) is 1. The smallest absolute Gasteiger partial charge is 0.127 e. The van der Waals surface area contributed by atoms with E-state index >= 15 is 0 Å². The summed E-state index contributed by atoms with van der Waals surface area (Å²) >= 11 is 0. The molecule has 104 valence electrons. The molecule has 0 spiro atoms. The van der Waals surface area contributed by atoms with E-state index in [9.17, 15) is 4.39 Å². The number of nitrogens with one attached hydrogen (secondary N) is 1. The molecule has 0 aliphatic rings. The summed E-state index contributed by atoms with van der Waals surface area (Å²) in [5, 5.41) is 3.22. The molecule has 0 bridgehead atoms. The lowest BCUT2D eigenvalue weighted by molar-refractivity contribution is 0.363. The first-order chi connectivity index (χ1) is 9.79. The molecule has 0 fully saturated rings. The zero-order valence-corrected chi connectivity index (χ0v) is 11.3. The summed E-state index contributed by atoms with van der Waals surface area (Å²) in [6.07, 6.45) is 1.71. The molecule has 1 N–H and O–H groups in total. The van der Waals surface area contributed by atoms with E-state index in [0.717, 1.165) is 11.3 Å². The SMILES string of the molecule is C=CCOc1ccc(CNCc2ccccc2F)cc1. The molecular formula is C17H18FNO. The molecule has 0 unspecified atom stereocenters. The van der Waals surface area contributed by atoms with Crippen LogP contribution in [0.1, 0.15) is 11.1 Å². The van der Waals surface area contributed by atoms with Gasteiger partial charge in [-0.3, -0.25) is 0 Å². The summed E-state index contributed by atoms with van der Waals surface area (Å²) in [7, 11) is 0. The van der Waals surface area contributed by atoms with Crippen molar-refractivity contribution in [1.29, 1.82) is 0 Å². The minimum Gasteiger partial charge on any atom is -0.490 e. The number of benzene rings is 2. The maximum absolute atomic E-state index is 13.4. The van der Waals surface area contributed by atoms with Gasteiger partial charge >= 0.3 is 0 Å². The lowest BCUT2D eigenvalue weighted by atomic mass is 10.2. The van der Waals surface area contributed by atoms with Crippen LogP contribution in [0.4, 0.5) is 4.39 Å². The highest BCUT2D eigenvalue weighted by molar-refractivity contribution is 5.27. The zero-order valence-electron chi connectivity index (χ0n) is 11.3. The van der Waals surface area contributed by atoms with E-state index < -0.39 is 0 Å². The molecule has 0 heterocycles. The molecule has 0 amide bonds. The summed E-state index contributed by atoms with van der Waals surface area (Å²) in [6, 6.07) is 14.6.